The van der Waals surface area contributed by atoms with Gasteiger partial charge in [-0.1, -0.05) is 42.5 Å². The van der Waals surface area contributed by atoms with Crippen molar-refractivity contribution in [2.45, 2.75) is 19.5 Å². The number of nitrogens with zero attached hydrogens (tertiary/aromatic N) is 7. The van der Waals surface area contributed by atoms with Crippen LogP contribution in [-0.4, -0.2) is 19.2 Å². The summed E-state index contributed by atoms with van der Waals surface area (Å²) in [6.07, 6.45) is 4.86. The summed E-state index contributed by atoms with van der Waals surface area (Å²) < 4.78 is 4.15. The Labute approximate surface area is 227 Å². The number of azo groups is 2. The third-order valence-electron chi connectivity index (χ3n) is 6.40. The first-order chi connectivity index (χ1) is 19.1. The van der Waals surface area contributed by atoms with Crippen molar-refractivity contribution in [3.05, 3.63) is 109 Å². The monoisotopic (exact) mass is 517 g/mol. The number of fused-ring (bicyclic) bond motifs is 1. The van der Waals surface area contributed by atoms with E-state index in [0.29, 0.717) is 11.5 Å². The van der Waals surface area contributed by atoms with Crippen LogP contribution in [0.25, 0.3) is 10.8 Å². The molecule has 194 valence electrons. The Bertz CT molecular complexity index is 1630. The van der Waals surface area contributed by atoms with Gasteiger partial charge in [-0.3, -0.25) is 0 Å². The van der Waals surface area contributed by atoms with Crippen molar-refractivity contribution in [3.63, 3.8) is 0 Å². The first kappa shape index (κ1) is 25.7. The number of pyridine rings is 2. The van der Waals surface area contributed by atoms with Crippen LogP contribution >= 0.6 is 0 Å². The minimum Gasteiger partial charge on any atom is -0.506 e. The second-order valence-electron chi connectivity index (χ2n) is 9.32. The minimum atomic E-state index is 0.107. The molecule has 1 N–H and O–H groups in total. The summed E-state index contributed by atoms with van der Waals surface area (Å²) in [6, 6.07) is 31.1. The summed E-state index contributed by atoms with van der Waals surface area (Å²) in [6.45, 7) is 1.50. The molecule has 0 fully saturated rings. The maximum atomic E-state index is 10.4. The summed E-state index contributed by atoms with van der Waals surface area (Å²) in [5.74, 6) is 1.61. The number of hydrogen-bond donors (Lipinski definition) is 1. The molecule has 0 spiro atoms. The average molecular weight is 518 g/mol. The number of aromatic hydroxyl groups is 1. The van der Waals surface area contributed by atoms with E-state index in [4.69, 9.17) is 0 Å². The molecule has 0 saturated heterocycles. The third kappa shape index (κ3) is 6.30. The SMILES string of the molecule is CN(C)c1ccc(N=Nc2cccc[n+]2CCC[n+]2ccccc2N=Nc2c(O)ccc3ccccc23)cc1. The lowest BCUT2D eigenvalue weighted by molar-refractivity contribution is -0.714. The van der Waals surface area contributed by atoms with Crippen molar-refractivity contribution in [2.24, 2.45) is 20.5 Å². The number of phenolic OH excluding ortho intramolecular Hbond substituents is 1. The molecule has 3 aromatic carbocycles. The van der Waals surface area contributed by atoms with E-state index in [-0.39, 0.29) is 5.75 Å². The van der Waals surface area contributed by atoms with Gasteiger partial charge in [-0.15, -0.1) is 0 Å². The van der Waals surface area contributed by atoms with Crippen molar-refractivity contribution in [1.29, 1.82) is 0 Å². The van der Waals surface area contributed by atoms with Crippen LogP contribution in [0.5, 0.6) is 5.75 Å². The Morgan fingerprint density at radius 3 is 1.92 bits per heavy atom. The predicted octanol–water partition coefficient (Wildman–Crippen LogP) is 7.11. The third-order valence-corrected chi connectivity index (χ3v) is 6.40. The Balaban J connectivity index is 1.28. The molecule has 0 aliphatic carbocycles. The number of aromatic nitrogens is 2. The summed E-state index contributed by atoms with van der Waals surface area (Å²) in [5.41, 5.74) is 2.40. The molecule has 0 aliphatic heterocycles. The maximum Gasteiger partial charge on any atom is 0.350 e. The van der Waals surface area contributed by atoms with Crippen LogP contribution in [0.1, 0.15) is 6.42 Å². The molecule has 39 heavy (non-hydrogen) atoms. The Morgan fingerprint density at radius 2 is 1.26 bits per heavy atom. The highest BCUT2D eigenvalue weighted by molar-refractivity contribution is 5.95. The van der Waals surface area contributed by atoms with Gasteiger partial charge in [0.05, 0.1) is 35.7 Å². The van der Waals surface area contributed by atoms with Crippen LogP contribution in [0.3, 0.4) is 0 Å². The first-order valence-electron chi connectivity index (χ1n) is 12.9. The summed E-state index contributed by atoms with van der Waals surface area (Å²) in [7, 11) is 4.03. The molecule has 0 unspecified atom stereocenters. The van der Waals surface area contributed by atoms with Gasteiger partial charge in [0, 0.05) is 43.7 Å². The number of rotatable bonds is 9. The number of benzene rings is 3. The van der Waals surface area contributed by atoms with Crippen LogP contribution in [0.2, 0.25) is 0 Å². The van der Waals surface area contributed by atoms with Gasteiger partial charge in [-0.2, -0.15) is 0 Å². The quantitative estimate of drug-likeness (QED) is 0.167. The van der Waals surface area contributed by atoms with Gasteiger partial charge in [-0.25, -0.2) is 9.13 Å². The van der Waals surface area contributed by atoms with E-state index in [9.17, 15) is 5.11 Å². The van der Waals surface area contributed by atoms with E-state index >= 15 is 0 Å². The number of hydrogen-bond acceptors (Lipinski definition) is 6. The zero-order valence-electron chi connectivity index (χ0n) is 22.1. The molecule has 2 aromatic heterocycles. The molecule has 0 saturated carbocycles. The Kier molecular flexibility index (Phi) is 7.92. The highest BCUT2D eigenvalue weighted by Gasteiger charge is 2.14. The van der Waals surface area contributed by atoms with Gasteiger partial charge in [0.2, 0.25) is 0 Å². The largest absolute Gasteiger partial charge is 0.506 e. The van der Waals surface area contributed by atoms with Gasteiger partial charge in [-0.05, 0) is 58.1 Å². The van der Waals surface area contributed by atoms with Crippen LogP contribution in [-0.2, 0) is 13.1 Å². The minimum absolute atomic E-state index is 0.107. The van der Waals surface area contributed by atoms with E-state index in [1.807, 2.05) is 117 Å². The van der Waals surface area contributed by atoms with Gasteiger partial charge < -0.3 is 10.0 Å². The van der Waals surface area contributed by atoms with E-state index in [1.54, 1.807) is 6.07 Å². The standard InChI is InChI=1S/C31H30N7O/c1-36(2)26-17-15-25(16-18-26)32-33-29-12-5-7-20-37(29)22-9-23-38-21-8-6-13-30(38)34-35-31-27-11-4-3-10-24(27)14-19-28(31)39/h3-8,10-21H,9,22-23H2,1-2H3/q+1/p+1. The summed E-state index contributed by atoms with van der Waals surface area (Å²) in [4.78, 5) is 2.05. The fourth-order valence-electron chi connectivity index (χ4n) is 4.28. The lowest BCUT2D eigenvalue weighted by atomic mass is 10.1. The topological polar surface area (TPSA) is 80.7 Å². The van der Waals surface area contributed by atoms with Crippen molar-refractivity contribution < 1.29 is 14.2 Å². The molecule has 8 heteroatoms. The molecule has 0 radical (unpaired) electrons. The Hall–Kier alpha value is -4.98. The predicted molar refractivity (Wildman–Crippen MR) is 153 cm³/mol. The number of aryl methyl sites for hydroxylation is 2. The summed E-state index contributed by atoms with van der Waals surface area (Å²) >= 11 is 0. The van der Waals surface area contributed by atoms with E-state index in [2.05, 4.69) is 34.5 Å². The van der Waals surface area contributed by atoms with Crippen LogP contribution in [0.15, 0.2) is 130 Å². The zero-order chi connectivity index (χ0) is 27.0. The smallest absolute Gasteiger partial charge is 0.350 e. The fourth-order valence-corrected chi connectivity index (χ4v) is 4.28. The molecule has 5 aromatic rings. The van der Waals surface area contributed by atoms with Crippen LogP contribution < -0.4 is 14.0 Å². The van der Waals surface area contributed by atoms with Gasteiger partial charge in [0.25, 0.3) is 0 Å². The number of phenols is 1. The second kappa shape index (κ2) is 12.0. The molecule has 2 heterocycles. The molecule has 0 bridgehead atoms. The normalized spacial score (nSPS) is 11.5. The van der Waals surface area contributed by atoms with Crippen molar-refractivity contribution >= 4 is 39.5 Å². The highest BCUT2D eigenvalue weighted by Crippen LogP contribution is 2.35. The highest BCUT2D eigenvalue weighted by atomic mass is 16.3. The fraction of sp³-hybridized carbons (Fsp3) is 0.161. The summed E-state index contributed by atoms with van der Waals surface area (Å²) in [5, 5.41) is 30.1. The van der Waals surface area contributed by atoms with Crippen LogP contribution in [0, 0.1) is 0 Å². The zero-order valence-corrected chi connectivity index (χ0v) is 22.1. The lowest BCUT2D eigenvalue weighted by Gasteiger charge is -2.11. The second-order valence-corrected chi connectivity index (χ2v) is 9.32. The number of anilines is 1. The van der Waals surface area contributed by atoms with E-state index < -0.39 is 0 Å². The maximum absolute atomic E-state index is 10.4. The van der Waals surface area contributed by atoms with Crippen molar-refractivity contribution in [2.75, 3.05) is 19.0 Å². The van der Waals surface area contributed by atoms with Crippen LogP contribution in [0.4, 0.5) is 28.7 Å². The van der Waals surface area contributed by atoms with Gasteiger partial charge >= 0.3 is 11.6 Å². The first-order valence-corrected chi connectivity index (χ1v) is 12.9. The molecule has 0 atom stereocenters. The van der Waals surface area contributed by atoms with E-state index in [0.717, 1.165) is 47.5 Å². The van der Waals surface area contributed by atoms with Crippen molar-refractivity contribution in [1.82, 2.24) is 0 Å². The average Bonchev–Trinajstić information content (AvgIpc) is 2.97. The molecule has 8 nitrogen and oxygen atoms in total. The molecular weight excluding hydrogens is 486 g/mol. The lowest BCUT2D eigenvalue weighted by Crippen LogP contribution is -2.39. The molecule has 0 amide bonds. The molecule has 0 aliphatic rings. The molecule has 5 rings (SSSR count). The van der Waals surface area contributed by atoms with E-state index in [1.165, 1.54) is 0 Å². The van der Waals surface area contributed by atoms with Crippen molar-refractivity contribution in [3.8, 4) is 5.75 Å². The molecular formula is C31H31N7O+2. The Morgan fingerprint density at radius 1 is 0.641 bits per heavy atom. The van der Waals surface area contributed by atoms with Gasteiger partial charge in [0.15, 0.2) is 5.69 Å². The van der Waals surface area contributed by atoms with Gasteiger partial charge in [0.1, 0.15) is 11.4 Å².